The van der Waals surface area contributed by atoms with Crippen molar-refractivity contribution in [3.8, 4) is 33.6 Å². The van der Waals surface area contributed by atoms with Gasteiger partial charge in [0.15, 0.2) is 11.5 Å². The zero-order valence-corrected chi connectivity index (χ0v) is 18.7. The maximum atomic E-state index is 12.1. The number of benzene rings is 3. The van der Waals surface area contributed by atoms with Crippen molar-refractivity contribution in [2.24, 2.45) is 5.73 Å². The molecule has 0 radical (unpaired) electrons. The van der Waals surface area contributed by atoms with E-state index in [0.717, 1.165) is 21.2 Å². The molecule has 0 bridgehead atoms. The Balaban J connectivity index is 1.65. The van der Waals surface area contributed by atoms with E-state index in [-0.39, 0.29) is 0 Å². The minimum atomic E-state index is -0.505. The number of carbonyl (C=O) groups excluding carboxylic acids is 1. The summed E-state index contributed by atoms with van der Waals surface area (Å²) in [7, 11) is 3.17. The van der Waals surface area contributed by atoms with Gasteiger partial charge in [-0.25, -0.2) is 4.98 Å². The van der Waals surface area contributed by atoms with Crippen LogP contribution in [0.5, 0.6) is 23.0 Å². The highest BCUT2D eigenvalue weighted by Crippen LogP contribution is 2.39. The van der Waals surface area contributed by atoms with Crippen molar-refractivity contribution in [3.63, 3.8) is 0 Å². The van der Waals surface area contributed by atoms with Gasteiger partial charge in [-0.15, -0.1) is 11.3 Å². The third-order valence-corrected chi connectivity index (χ3v) is 6.13. The lowest BCUT2D eigenvalue weighted by Gasteiger charge is -2.14. The van der Waals surface area contributed by atoms with Crippen LogP contribution in [0.4, 0.5) is 0 Å². The van der Waals surface area contributed by atoms with Gasteiger partial charge < -0.3 is 19.9 Å². The minimum Gasteiger partial charge on any atom is -0.493 e. The number of hydrogen-bond donors (Lipinski definition) is 1. The second-order valence-electron chi connectivity index (χ2n) is 7.21. The fraction of sp³-hybridized carbons (Fsp3) is 0.0800. The second kappa shape index (κ2) is 8.40. The zero-order chi connectivity index (χ0) is 22.9. The highest BCUT2D eigenvalue weighted by molar-refractivity contribution is 7.13. The number of nitrogens with two attached hydrogens (primary N) is 1. The predicted octanol–water partition coefficient (Wildman–Crippen LogP) is 5.42. The molecule has 7 nitrogen and oxygen atoms in total. The molecule has 2 aromatic heterocycles. The zero-order valence-electron chi connectivity index (χ0n) is 17.9. The number of hydrogen-bond acceptors (Lipinski definition) is 7. The Labute approximate surface area is 193 Å². The third-order valence-electron chi connectivity index (χ3n) is 5.34. The van der Waals surface area contributed by atoms with Crippen LogP contribution in [-0.2, 0) is 0 Å². The summed E-state index contributed by atoms with van der Waals surface area (Å²) in [4.78, 5) is 21.0. The Kier molecular flexibility index (Phi) is 5.27. The number of ether oxygens (including phenoxy) is 3. The van der Waals surface area contributed by atoms with E-state index >= 15 is 0 Å². The number of primary amides is 1. The van der Waals surface area contributed by atoms with Crippen molar-refractivity contribution in [2.75, 3.05) is 14.2 Å². The third kappa shape index (κ3) is 3.70. The number of nitrogens with zero attached hydrogens (tertiary/aromatic N) is 2. The van der Waals surface area contributed by atoms with Gasteiger partial charge in [0.2, 0.25) is 5.91 Å². The molecule has 0 spiro atoms. The van der Waals surface area contributed by atoms with E-state index < -0.39 is 5.91 Å². The molecule has 0 fully saturated rings. The van der Waals surface area contributed by atoms with Crippen molar-refractivity contribution in [1.29, 1.82) is 0 Å². The average molecular weight is 458 g/mol. The van der Waals surface area contributed by atoms with Crippen LogP contribution in [0.2, 0.25) is 0 Å². The Bertz CT molecular complexity index is 1500. The van der Waals surface area contributed by atoms with Crippen LogP contribution >= 0.6 is 11.3 Å². The first-order chi connectivity index (χ1) is 16.1. The van der Waals surface area contributed by atoms with Crippen molar-refractivity contribution in [2.45, 2.75) is 0 Å². The lowest BCUT2D eigenvalue weighted by atomic mass is 9.98. The molecule has 5 aromatic rings. The SMILES string of the molecule is COc1cc2nccc(Oc3ccc4ccc(C(N)=O)c(-c5nccs5)c4c3)c2cc1OC. The predicted molar refractivity (Wildman–Crippen MR) is 128 cm³/mol. The van der Waals surface area contributed by atoms with Gasteiger partial charge in [0, 0.05) is 40.4 Å². The Hall–Kier alpha value is -4.17. The van der Waals surface area contributed by atoms with Gasteiger partial charge in [-0.05, 0) is 41.1 Å². The van der Waals surface area contributed by atoms with E-state index in [9.17, 15) is 4.79 Å². The number of methoxy groups -OCH3 is 2. The van der Waals surface area contributed by atoms with Crippen molar-refractivity contribution >= 4 is 38.9 Å². The van der Waals surface area contributed by atoms with Crippen LogP contribution in [0.15, 0.2) is 66.3 Å². The quantitative estimate of drug-likeness (QED) is 0.366. The molecular formula is C25H19N3O4S. The smallest absolute Gasteiger partial charge is 0.249 e. The molecule has 5 rings (SSSR count). The average Bonchev–Trinajstić information content (AvgIpc) is 3.37. The molecule has 0 atom stereocenters. The van der Waals surface area contributed by atoms with Crippen molar-refractivity contribution in [3.05, 3.63) is 71.9 Å². The number of amides is 1. The number of fused-ring (bicyclic) bond motifs is 2. The molecule has 0 aliphatic heterocycles. The molecule has 0 aliphatic carbocycles. The van der Waals surface area contributed by atoms with E-state index in [0.29, 0.717) is 39.6 Å². The summed E-state index contributed by atoms with van der Waals surface area (Å²) in [6.07, 6.45) is 3.38. The number of aromatic nitrogens is 2. The van der Waals surface area contributed by atoms with Gasteiger partial charge in [0.25, 0.3) is 0 Å². The van der Waals surface area contributed by atoms with Crippen LogP contribution < -0.4 is 19.9 Å². The molecule has 1 amide bonds. The summed E-state index contributed by atoms with van der Waals surface area (Å²) in [6, 6.07) is 14.8. The van der Waals surface area contributed by atoms with Gasteiger partial charge in [0.05, 0.1) is 19.7 Å². The standard InChI is InChI=1S/C25H19N3O4S/c1-30-21-12-18-19(13-22(21)31-2)27-8-7-20(18)32-15-5-3-14-4-6-16(24(26)29)23(17(14)11-15)25-28-9-10-33-25/h3-13H,1-2H3,(H2,26,29). The van der Waals surface area contributed by atoms with Crippen molar-refractivity contribution in [1.82, 2.24) is 9.97 Å². The van der Waals surface area contributed by atoms with Crippen LogP contribution in [-0.4, -0.2) is 30.1 Å². The van der Waals surface area contributed by atoms with Crippen LogP contribution in [0.3, 0.4) is 0 Å². The van der Waals surface area contributed by atoms with E-state index in [1.54, 1.807) is 44.8 Å². The van der Waals surface area contributed by atoms with Gasteiger partial charge in [-0.2, -0.15) is 0 Å². The van der Waals surface area contributed by atoms with Crippen molar-refractivity contribution < 1.29 is 19.0 Å². The molecule has 0 saturated carbocycles. The Morgan fingerprint density at radius 2 is 1.67 bits per heavy atom. The summed E-state index contributed by atoms with van der Waals surface area (Å²) in [5.41, 5.74) is 7.50. The van der Waals surface area contributed by atoms with Gasteiger partial charge in [-0.3, -0.25) is 9.78 Å². The monoisotopic (exact) mass is 457 g/mol. The molecule has 8 heteroatoms. The molecule has 0 unspecified atom stereocenters. The normalized spacial score (nSPS) is 11.0. The first-order valence-electron chi connectivity index (χ1n) is 10.0. The van der Waals surface area contributed by atoms with Gasteiger partial charge in [0.1, 0.15) is 16.5 Å². The molecule has 0 saturated heterocycles. The fourth-order valence-electron chi connectivity index (χ4n) is 3.81. The largest absolute Gasteiger partial charge is 0.493 e. The first-order valence-corrected chi connectivity index (χ1v) is 10.9. The maximum absolute atomic E-state index is 12.1. The Morgan fingerprint density at radius 1 is 0.879 bits per heavy atom. The summed E-state index contributed by atoms with van der Waals surface area (Å²) in [5, 5.41) is 5.14. The topological polar surface area (TPSA) is 96.6 Å². The molecule has 33 heavy (non-hydrogen) atoms. The number of pyridine rings is 1. The molecule has 0 aliphatic rings. The summed E-state index contributed by atoms with van der Waals surface area (Å²) < 4.78 is 17.1. The number of rotatable bonds is 6. The lowest BCUT2D eigenvalue weighted by molar-refractivity contribution is 0.100. The molecule has 164 valence electrons. The lowest BCUT2D eigenvalue weighted by Crippen LogP contribution is -2.12. The molecule has 2 heterocycles. The highest BCUT2D eigenvalue weighted by Gasteiger charge is 2.17. The van der Waals surface area contributed by atoms with Crippen LogP contribution in [0, 0.1) is 0 Å². The highest BCUT2D eigenvalue weighted by atomic mass is 32.1. The molecular weight excluding hydrogens is 438 g/mol. The molecule has 2 N–H and O–H groups in total. The van der Waals surface area contributed by atoms with Crippen LogP contribution in [0.1, 0.15) is 10.4 Å². The van der Waals surface area contributed by atoms with E-state index in [2.05, 4.69) is 9.97 Å². The summed E-state index contributed by atoms with van der Waals surface area (Å²) >= 11 is 1.45. The van der Waals surface area contributed by atoms with Gasteiger partial charge in [-0.1, -0.05) is 12.1 Å². The van der Waals surface area contributed by atoms with E-state index in [4.69, 9.17) is 19.9 Å². The summed E-state index contributed by atoms with van der Waals surface area (Å²) in [6.45, 7) is 0. The second-order valence-corrected chi connectivity index (χ2v) is 8.10. The number of carbonyl (C=O) groups is 1. The minimum absolute atomic E-state index is 0.417. The van der Waals surface area contributed by atoms with Crippen LogP contribution in [0.25, 0.3) is 32.2 Å². The Morgan fingerprint density at radius 3 is 2.39 bits per heavy atom. The van der Waals surface area contributed by atoms with E-state index in [1.165, 1.54) is 11.3 Å². The maximum Gasteiger partial charge on any atom is 0.249 e. The fourth-order valence-corrected chi connectivity index (χ4v) is 4.52. The van der Waals surface area contributed by atoms with E-state index in [1.807, 2.05) is 35.7 Å². The summed E-state index contributed by atoms with van der Waals surface area (Å²) in [5.74, 6) is 1.88. The van der Waals surface area contributed by atoms with Gasteiger partial charge >= 0.3 is 0 Å². The first kappa shape index (κ1) is 20.7. The molecule has 3 aromatic carbocycles. The number of thiazole rings is 1.